The lowest BCUT2D eigenvalue weighted by Crippen LogP contribution is -2.10. The van der Waals surface area contributed by atoms with Crippen LogP contribution in [0.15, 0.2) is 30.5 Å². The minimum atomic E-state index is 0.542. The molecule has 1 N–H and O–H groups in total. The maximum Gasteiger partial charge on any atom is 0.409 e. The van der Waals surface area contributed by atoms with Gasteiger partial charge in [0.05, 0.1) is 0 Å². The number of hydrogen-bond donors (Lipinski definition) is 1. The van der Waals surface area contributed by atoms with E-state index < -0.39 is 0 Å². The average molecular weight is 146 g/mol. The van der Waals surface area contributed by atoms with E-state index in [4.69, 9.17) is 0 Å². The van der Waals surface area contributed by atoms with Crippen molar-refractivity contribution in [3.63, 3.8) is 0 Å². The molecule has 1 aromatic carbocycles. The fourth-order valence-corrected chi connectivity index (χ4v) is 1.19. The van der Waals surface area contributed by atoms with Crippen molar-refractivity contribution in [3.05, 3.63) is 30.5 Å². The highest BCUT2D eigenvalue weighted by Crippen LogP contribution is 2.09. The van der Waals surface area contributed by atoms with Crippen molar-refractivity contribution < 1.29 is 4.32 Å². The Morgan fingerprint density at radius 3 is 2.91 bits per heavy atom. The first-order valence-corrected chi connectivity index (χ1v) is 3.41. The van der Waals surface area contributed by atoms with Crippen molar-refractivity contribution in [2.45, 2.75) is 0 Å². The number of benzene rings is 1. The van der Waals surface area contributed by atoms with Gasteiger partial charge in [-0.05, 0) is 10.8 Å². The van der Waals surface area contributed by atoms with Gasteiger partial charge in [-0.15, -0.1) is 0 Å². The molecule has 0 spiro atoms. The highest BCUT2D eigenvalue weighted by molar-refractivity contribution is 6.49. The molecule has 0 unspecified atom stereocenters. The minimum Gasteiger partial charge on any atom is -0.369 e. The van der Waals surface area contributed by atoms with Gasteiger partial charge in [-0.1, -0.05) is 24.3 Å². The van der Waals surface area contributed by atoms with Crippen molar-refractivity contribution >= 4 is 23.9 Å². The van der Waals surface area contributed by atoms with E-state index in [2.05, 4.69) is 4.98 Å². The van der Waals surface area contributed by atoms with Gasteiger partial charge in [-0.25, -0.2) is 0 Å². The fraction of sp³-hybridized carbons (Fsp3) is 0. The third-order valence-electron chi connectivity index (χ3n) is 1.74. The van der Waals surface area contributed by atoms with Crippen LogP contribution in [0.4, 0.5) is 4.32 Å². The molecule has 0 atom stereocenters. The minimum absolute atomic E-state index is 0.542. The molecule has 1 radical (unpaired) electrons. The summed E-state index contributed by atoms with van der Waals surface area (Å²) < 4.78 is 12.1. The standard InChI is InChI=1S/C8H6BFN/c10-9-8-7-4-2-1-3-6(7)5-11-8/h1-5,11H. The maximum absolute atomic E-state index is 12.1. The smallest absolute Gasteiger partial charge is 0.369 e. The summed E-state index contributed by atoms with van der Waals surface area (Å²) >= 11 is 0. The molecule has 0 bridgehead atoms. The summed E-state index contributed by atoms with van der Waals surface area (Å²) in [6.07, 6.45) is 1.79. The maximum atomic E-state index is 12.1. The van der Waals surface area contributed by atoms with Gasteiger partial charge in [0.1, 0.15) is 0 Å². The Balaban J connectivity index is 2.76. The van der Waals surface area contributed by atoms with Crippen LogP contribution in [0.25, 0.3) is 10.8 Å². The molecule has 1 aromatic heterocycles. The zero-order chi connectivity index (χ0) is 7.68. The van der Waals surface area contributed by atoms with Crippen molar-refractivity contribution in [1.29, 1.82) is 0 Å². The van der Waals surface area contributed by atoms with E-state index >= 15 is 0 Å². The quantitative estimate of drug-likeness (QED) is 0.585. The van der Waals surface area contributed by atoms with E-state index in [9.17, 15) is 4.32 Å². The van der Waals surface area contributed by atoms with Crippen LogP contribution >= 0.6 is 0 Å². The Labute approximate surface area is 64.5 Å². The Hall–Kier alpha value is -1.25. The Bertz CT molecular complexity index is 369. The first kappa shape index (κ1) is 6.46. The highest BCUT2D eigenvalue weighted by Gasteiger charge is 2.02. The molecule has 1 heterocycles. The fourth-order valence-electron chi connectivity index (χ4n) is 1.19. The zero-order valence-corrected chi connectivity index (χ0v) is 5.84. The van der Waals surface area contributed by atoms with Crippen LogP contribution in [0.1, 0.15) is 0 Å². The molecular weight excluding hydrogens is 140 g/mol. The number of halogens is 1. The molecule has 0 saturated carbocycles. The zero-order valence-electron chi connectivity index (χ0n) is 5.84. The monoisotopic (exact) mass is 146 g/mol. The second-order valence-electron chi connectivity index (χ2n) is 2.40. The summed E-state index contributed by atoms with van der Waals surface area (Å²) in [5, 5.41) is 1.96. The van der Waals surface area contributed by atoms with Crippen molar-refractivity contribution in [1.82, 2.24) is 4.98 Å². The molecular formula is C8H6BFN. The van der Waals surface area contributed by atoms with E-state index in [0.29, 0.717) is 13.1 Å². The van der Waals surface area contributed by atoms with Gasteiger partial charge in [-0.3, -0.25) is 0 Å². The van der Waals surface area contributed by atoms with Gasteiger partial charge >= 0.3 is 7.56 Å². The van der Waals surface area contributed by atoms with Crippen molar-refractivity contribution in [2.24, 2.45) is 0 Å². The van der Waals surface area contributed by atoms with Gasteiger partial charge in [0.15, 0.2) is 0 Å². The van der Waals surface area contributed by atoms with Crippen LogP contribution in [0.3, 0.4) is 0 Å². The van der Waals surface area contributed by atoms with Crippen molar-refractivity contribution in [2.75, 3.05) is 0 Å². The number of nitrogens with one attached hydrogen (secondary N) is 1. The van der Waals surface area contributed by atoms with Crippen LogP contribution in [-0.2, 0) is 0 Å². The number of aromatic nitrogens is 1. The summed E-state index contributed by atoms with van der Waals surface area (Å²) in [4.78, 5) is 2.83. The second-order valence-corrected chi connectivity index (χ2v) is 2.40. The normalized spacial score (nSPS) is 10.3. The van der Waals surface area contributed by atoms with Crippen molar-refractivity contribution in [3.8, 4) is 0 Å². The van der Waals surface area contributed by atoms with Gasteiger partial charge < -0.3 is 9.30 Å². The number of aromatic amines is 1. The van der Waals surface area contributed by atoms with Gasteiger partial charge in [-0.2, -0.15) is 0 Å². The molecule has 0 amide bonds. The molecule has 2 rings (SSSR count). The van der Waals surface area contributed by atoms with Crippen LogP contribution in [0.5, 0.6) is 0 Å². The topological polar surface area (TPSA) is 15.8 Å². The molecule has 3 heteroatoms. The van der Waals surface area contributed by atoms with Crippen LogP contribution < -0.4 is 5.59 Å². The van der Waals surface area contributed by atoms with Crippen LogP contribution in [-0.4, -0.2) is 12.5 Å². The molecule has 53 valence electrons. The molecule has 0 aliphatic rings. The third kappa shape index (κ3) is 0.927. The summed E-state index contributed by atoms with van der Waals surface area (Å²) in [7, 11) is 0.586. The molecule has 1 nitrogen and oxygen atoms in total. The number of hydrogen-bond acceptors (Lipinski definition) is 0. The Kier molecular flexibility index (Phi) is 1.42. The molecule has 0 saturated heterocycles. The van der Waals surface area contributed by atoms with Crippen LogP contribution in [0, 0.1) is 0 Å². The summed E-state index contributed by atoms with van der Waals surface area (Å²) in [6.45, 7) is 0. The van der Waals surface area contributed by atoms with Gasteiger partial charge in [0.25, 0.3) is 0 Å². The lowest BCUT2D eigenvalue weighted by molar-refractivity contribution is 0.883. The van der Waals surface area contributed by atoms with Crippen LogP contribution in [0.2, 0.25) is 0 Å². The molecule has 0 aliphatic heterocycles. The summed E-state index contributed by atoms with van der Waals surface area (Å²) in [5.41, 5.74) is 0.542. The molecule has 0 aliphatic carbocycles. The predicted octanol–water partition coefficient (Wildman–Crippen LogP) is 1.38. The first-order valence-electron chi connectivity index (χ1n) is 3.41. The van der Waals surface area contributed by atoms with E-state index in [-0.39, 0.29) is 0 Å². The number of H-pyrrole nitrogens is 1. The van der Waals surface area contributed by atoms with Gasteiger partial charge in [0.2, 0.25) is 0 Å². The molecule has 2 aromatic rings. The predicted molar refractivity (Wildman–Crippen MR) is 44.8 cm³/mol. The largest absolute Gasteiger partial charge is 0.409 e. The van der Waals surface area contributed by atoms with Gasteiger partial charge in [0, 0.05) is 11.8 Å². The summed E-state index contributed by atoms with van der Waals surface area (Å²) in [5.74, 6) is 0. The Morgan fingerprint density at radius 2 is 2.09 bits per heavy atom. The van der Waals surface area contributed by atoms with E-state index in [0.717, 1.165) is 10.8 Å². The molecule has 0 fully saturated rings. The SMILES string of the molecule is F[B]c1[nH]cc2ccccc12. The lowest BCUT2D eigenvalue weighted by Gasteiger charge is -1.88. The average Bonchev–Trinajstić information content (AvgIpc) is 2.47. The number of rotatable bonds is 1. The molecule has 11 heavy (non-hydrogen) atoms. The van der Waals surface area contributed by atoms with E-state index in [1.165, 1.54) is 0 Å². The van der Waals surface area contributed by atoms with E-state index in [1.807, 2.05) is 24.3 Å². The second kappa shape index (κ2) is 2.42. The van der Waals surface area contributed by atoms with E-state index in [1.54, 1.807) is 6.20 Å². The summed E-state index contributed by atoms with van der Waals surface area (Å²) in [6, 6.07) is 7.65. The first-order chi connectivity index (χ1) is 5.42. The third-order valence-corrected chi connectivity index (χ3v) is 1.74. The number of fused-ring (bicyclic) bond motifs is 1. The lowest BCUT2D eigenvalue weighted by atomic mass is 9.95. The highest BCUT2D eigenvalue weighted by atomic mass is 19.1. The Morgan fingerprint density at radius 1 is 1.27 bits per heavy atom.